The van der Waals surface area contributed by atoms with Crippen LogP contribution in [-0.2, 0) is 14.6 Å². The molecule has 1 heterocycles. The Morgan fingerprint density at radius 3 is 2.64 bits per heavy atom. The molecule has 0 saturated carbocycles. The topological polar surface area (TPSA) is 83.5 Å². The van der Waals surface area contributed by atoms with Gasteiger partial charge in [-0.05, 0) is 19.4 Å². The minimum absolute atomic E-state index is 0.105. The van der Waals surface area contributed by atoms with E-state index in [1.54, 1.807) is 6.92 Å². The van der Waals surface area contributed by atoms with Crippen LogP contribution in [0.25, 0.3) is 0 Å². The van der Waals surface area contributed by atoms with Crippen molar-refractivity contribution in [2.45, 2.75) is 25.3 Å². The van der Waals surface area contributed by atoms with Crippen molar-refractivity contribution in [2.24, 2.45) is 0 Å². The molecular formula is C8H15NO4S. The Hall–Kier alpha value is -0.620. The second kappa shape index (κ2) is 3.86. The number of carbonyl (C=O) groups is 1. The summed E-state index contributed by atoms with van der Waals surface area (Å²) < 4.78 is 22.7. The van der Waals surface area contributed by atoms with Crippen molar-refractivity contribution in [1.29, 1.82) is 0 Å². The molecule has 2 N–H and O–H groups in total. The lowest BCUT2D eigenvalue weighted by Crippen LogP contribution is -2.59. The molecule has 14 heavy (non-hydrogen) atoms. The average molecular weight is 221 g/mol. The molecular weight excluding hydrogens is 206 g/mol. The van der Waals surface area contributed by atoms with Gasteiger partial charge in [0.2, 0.25) is 0 Å². The maximum Gasteiger partial charge on any atom is 0.324 e. The number of carboxylic acid groups (broad SMARTS) is 1. The highest BCUT2D eigenvalue weighted by Crippen LogP contribution is 2.23. The van der Waals surface area contributed by atoms with Crippen molar-refractivity contribution in [1.82, 2.24) is 5.32 Å². The first-order valence-electron chi connectivity index (χ1n) is 4.61. The summed E-state index contributed by atoms with van der Waals surface area (Å²) in [5.41, 5.74) is -1.26. The summed E-state index contributed by atoms with van der Waals surface area (Å²) in [5.74, 6) is -1.25. The maximum absolute atomic E-state index is 11.3. The molecule has 1 aliphatic heterocycles. The van der Waals surface area contributed by atoms with Gasteiger partial charge >= 0.3 is 5.97 Å². The smallest absolute Gasteiger partial charge is 0.324 e. The van der Waals surface area contributed by atoms with Gasteiger partial charge in [-0.25, -0.2) is 8.42 Å². The van der Waals surface area contributed by atoms with Crippen LogP contribution in [0.4, 0.5) is 0 Å². The van der Waals surface area contributed by atoms with Gasteiger partial charge in [0.25, 0.3) is 0 Å². The van der Waals surface area contributed by atoms with Crippen LogP contribution >= 0.6 is 0 Å². The Bertz CT molecular complexity index is 320. The van der Waals surface area contributed by atoms with E-state index >= 15 is 0 Å². The number of rotatable bonds is 3. The summed E-state index contributed by atoms with van der Waals surface area (Å²) in [6.45, 7) is 2.23. The largest absolute Gasteiger partial charge is 0.480 e. The van der Waals surface area contributed by atoms with E-state index in [4.69, 9.17) is 5.11 Å². The lowest BCUT2D eigenvalue weighted by molar-refractivity contribution is -0.144. The van der Waals surface area contributed by atoms with E-state index in [1.807, 2.05) is 0 Å². The van der Waals surface area contributed by atoms with Crippen LogP contribution in [0.2, 0.25) is 0 Å². The number of hydrogen-bond acceptors (Lipinski definition) is 4. The normalized spacial score (nSPS) is 31.2. The van der Waals surface area contributed by atoms with Crippen molar-refractivity contribution < 1.29 is 18.3 Å². The molecule has 0 aromatic carbocycles. The molecule has 0 aromatic rings. The minimum atomic E-state index is -3.20. The Balaban J connectivity index is 2.93. The summed E-state index contributed by atoms with van der Waals surface area (Å²) in [6.07, 6.45) is 0.803. The molecule has 1 rings (SSSR count). The van der Waals surface area contributed by atoms with E-state index in [9.17, 15) is 13.2 Å². The van der Waals surface area contributed by atoms with Crippen LogP contribution < -0.4 is 5.32 Å². The van der Waals surface area contributed by atoms with Gasteiger partial charge in [0.15, 0.2) is 9.84 Å². The van der Waals surface area contributed by atoms with Gasteiger partial charge in [0, 0.05) is 0 Å². The van der Waals surface area contributed by atoms with E-state index in [0.717, 1.165) is 0 Å². The van der Waals surface area contributed by atoms with Crippen molar-refractivity contribution in [2.75, 3.05) is 18.1 Å². The first-order valence-corrected chi connectivity index (χ1v) is 6.43. The maximum atomic E-state index is 11.3. The fourth-order valence-corrected chi connectivity index (χ4v) is 3.68. The van der Waals surface area contributed by atoms with Crippen LogP contribution in [-0.4, -0.2) is 43.1 Å². The highest BCUT2D eigenvalue weighted by atomic mass is 32.2. The molecule has 6 heteroatoms. The third kappa shape index (κ3) is 2.24. The van der Waals surface area contributed by atoms with Crippen molar-refractivity contribution >= 4 is 15.8 Å². The summed E-state index contributed by atoms with van der Waals surface area (Å²) in [7, 11) is -3.20. The van der Waals surface area contributed by atoms with Gasteiger partial charge < -0.3 is 10.4 Å². The van der Waals surface area contributed by atoms with Crippen LogP contribution in [0.1, 0.15) is 19.8 Å². The molecule has 0 aromatic heterocycles. The SMILES string of the molecule is CCNC1(C(=O)O)CCCS(=O)(=O)C1. The number of aliphatic carboxylic acids is 1. The molecule has 1 atom stereocenters. The monoisotopic (exact) mass is 221 g/mol. The minimum Gasteiger partial charge on any atom is -0.480 e. The van der Waals surface area contributed by atoms with E-state index in [1.165, 1.54) is 0 Å². The first kappa shape index (κ1) is 11.5. The summed E-state index contributed by atoms with van der Waals surface area (Å²) in [5, 5.41) is 11.8. The van der Waals surface area contributed by atoms with Crippen LogP contribution in [0, 0.1) is 0 Å². The summed E-state index contributed by atoms with van der Waals surface area (Å²) in [6, 6.07) is 0. The molecule has 0 aliphatic carbocycles. The first-order chi connectivity index (χ1) is 6.42. The molecule has 0 radical (unpaired) electrons. The molecule has 5 nitrogen and oxygen atoms in total. The molecule has 82 valence electrons. The number of carboxylic acids is 1. The molecule has 1 unspecified atom stereocenters. The van der Waals surface area contributed by atoms with E-state index in [2.05, 4.69) is 5.32 Å². The molecule has 0 bridgehead atoms. The lowest BCUT2D eigenvalue weighted by atomic mass is 9.95. The Morgan fingerprint density at radius 1 is 1.57 bits per heavy atom. The van der Waals surface area contributed by atoms with Gasteiger partial charge in [-0.15, -0.1) is 0 Å². The summed E-state index contributed by atoms with van der Waals surface area (Å²) in [4.78, 5) is 11.0. The second-order valence-electron chi connectivity index (χ2n) is 3.61. The van der Waals surface area contributed by atoms with Gasteiger partial charge in [0.05, 0.1) is 11.5 Å². The van der Waals surface area contributed by atoms with Crippen LogP contribution in [0.3, 0.4) is 0 Å². The third-order valence-corrected chi connectivity index (χ3v) is 4.29. The van der Waals surface area contributed by atoms with E-state index in [0.29, 0.717) is 19.4 Å². The van der Waals surface area contributed by atoms with Crippen molar-refractivity contribution in [3.05, 3.63) is 0 Å². The average Bonchev–Trinajstić information content (AvgIpc) is 2.02. The predicted octanol–water partition coefficient (Wildman–Crippen LogP) is -0.372. The zero-order valence-electron chi connectivity index (χ0n) is 8.12. The highest BCUT2D eigenvalue weighted by molar-refractivity contribution is 7.91. The predicted molar refractivity (Wildman–Crippen MR) is 51.9 cm³/mol. The Labute approximate surface area is 83.4 Å². The summed E-state index contributed by atoms with van der Waals surface area (Å²) >= 11 is 0. The number of likely N-dealkylation sites (N-methyl/N-ethyl adjacent to an activating group) is 1. The van der Waals surface area contributed by atoms with E-state index in [-0.39, 0.29) is 11.5 Å². The van der Waals surface area contributed by atoms with Gasteiger partial charge in [-0.2, -0.15) is 0 Å². The molecule has 1 saturated heterocycles. The third-order valence-electron chi connectivity index (χ3n) is 2.45. The van der Waals surface area contributed by atoms with Crippen molar-refractivity contribution in [3.8, 4) is 0 Å². The second-order valence-corrected chi connectivity index (χ2v) is 5.80. The molecule has 0 amide bonds. The molecule has 0 spiro atoms. The quantitative estimate of drug-likeness (QED) is 0.679. The number of nitrogens with one attached hydrogen (secondary N) is 1. The lowest BCUT2D eigenvalue weighted by Gasteiger charge is -2.33. The fraction of sp³-hybridized carbons (Fsp3) is 0.875. The van der Waals surface area contributed by atoms with Crippen LogP contribution in [0.15, 0.2) is 0 Å². The molecule has 1 aliphatic rings. The Kier molecular flexibility index (Phi) is 3.16. The van der Waals surface area contributed by atoms with Gasteiger partial charge in [0.1, 0.15) is 5.54 Å². The standard InChI is InChI=1S/C8H15NO4S/c1-2-9-8(7(10)11)4-3-5-14(12,13)6-8/h9H,2-6H2,1H3,(H,10,11). The van der Waals surface area contributed by atoms with E-state index < -0.39 is 21.3 Å². The fourth-order valence-electron chi connectivity index (χ4n) is 1.84. The molecule has 1 fully saturated rings. The number of hydrogen-bond donors (Lipinski definition) is 2. The van der Waals surface area contributed by atoms with Gasteiger partial charge in [-0.3, -0.25) is 4.79 Å². The van der Waals surface area contributed by atoms with Gasteiger partial charge in [-0.1, -0.05) is 6.92 Å². The highest BCUT2D eigenvalue weighted by Gasteiger charge is 2.44. The number of sulfone groups is 1. The van der Waals surface area contributed by atoms with Crippen molar-refractivity contribution in [3.63, 3.8) is 0 Å². The zero-order chi connectivity index (χ0) is 10.8. The Morgan fingerprint density at radius 2 is 2.21 bits per heavy atom. The van der Waals surface area contributed by atoms with Crippen LogP contribution in [0.5, 0.6) is 0 Å². The zero-order valence-corrected chi connectivity index (χ0v) is 8.93.